The highest BCUT2D eigenvalue weighted by Crippen LogP contribution is 2.53. The van der Waals surface area contributed by atoms with Gasteiger partial charge in [-0.3, -0.25) is 56.1 Å². The van der Waals surface area contributed by atoms with E-state index in [4.69, 9.17) is 129 Å². The fourth-order valence-corrected chi connectivity index (χ4v) is 6.87. The zero-order valence-corrected chi connectivity index (χ0v) is 62.6. The molecule has 0 aliphatic rings. The van der Waals surface area contributed by atoms with E-state index in [0.29, 0.717) is 19.8 Å². The molecule has 0 radical (unpaired) electrons. The molecule has 32 nitrogen and oxygen atoms in total. The Kier molecular flexibility index (Phi) is 70.9. The Balaban J connectivity index is -0.000000152. The summed E-state index contributed by atoms with van der Waals surface area (Å²) >= 11 is 24.7. The van der Waals surface area contributed by atoms with Gasteiger partial charge in [0.25, 0.3) is 6.72 Å². The number of carbonyl (C=O) groups is 8. The quantitative estimate of drug-likeness (QED) is 0.0183. The monoisotopic (exact) mass is 1530 g/mol. The van der Waals surface area contributed by atoms with Crippen LogP contribution in [-0.2, 0) is 117 Å². The molecule has 0 aliphatic heterocycles. The van der Waals surface area contributed by atoms with Gasteiger partial charge >= 0.3 is 62.9 Å². The van der Waals surface area contributed by atoms with Crippen LogP contribution in [-0.4, -0.2) is 235 Å². The van der Waals surface area contributed by atoms with Gasteiger partial charge < -0.3 is 87.0 Å². The Bertz CT molecular complexity index is 2150. The van der Waals surface area contributed by atoms with Crippen molar-refractivity contribution < 1.29 is 153 Å². The minimum atomic E-state index is -3.58. The zero-order valence-electron chi connectivity index (χ0n) is 54.4. The third kappa shape index (κ3) is 80.3. The van der Waals surface area contributed by atoms with Gasteiger partial charge in [-0.1, -0.05) is 0 Å². The molecule has 0 saturated carbocycles. The number of carbonyl (C=O) groups excluding carboxylic acids is 7. The fraction of sp³-hybridized carbons (Fsp3) is 0.837. The van der Waals surface area contributed by atoms with Gasteiger partial charge in [0, 0.05) is 33.3 Å². The first-order valence-corrected chi connectivity index (χ1v) is 42.1. The molecule has 0 spiro atoms. The lowest BCUT2D eigenvalue weighted by Crippen LogP contribution is -2.27. The molecule has 0 aromatic heterocycles. The average Bonchev–Trinajstić information content (AvgIpc) is 2.01. The van der Waals surface area contributed by atoms with Crippen LogP contribution < -0.4 is 0 Å². The van der Waals surface area contributed by atoms with Gasteiger partial charge in [-0.15, -0.1) is 0 Å². The molecule has 9 unspecified atom stereocenters. The molecule has 546 valence electrons. The molecule has 0 amide bonds. The Labute approximate surface area is 557 Å². The lowest BCUT2D eigenvalue weighted by Gasteiger charge is -2.19. The predicted octanol–water partition coefficient (Wildman–Crippen LogP) is 7.80. The van der Waals surface area contributed by atoms with Crippen molar-refractivity contribution in [1.82, 2.24) is 0 Å². The van der Waals surface area contributed by atoms with Crippen LogP contribution in [0.2, 0.25) is 0 Å². The first-order chi connectivity index (χ1) is 41.5. The van der Waals surface area contributed by atoms with Crippen LogP contribution in [0.3, 0.4) is 0 Å². The van der Waals surface area contributed by atoms with Crippen molar-refractivity contribution in [2.24, 2.45) is 35.5 Å². The Morgan fingerprint density at radius 2 is 0.626 bits per heavy atom. The van der Waals surface area contributed by atoms with Crippen molar-refractivity contribution in [3.63, 3.8) is 0 Å². The number of aliphatic hydroxyl groups is 6. The van der Waals surface area contributed by atoms with Crippen molar-refractivity contribution in [1.29, 1.82) is 0 Å². The Morgan fingerprint density at radius 3 is 0.890 bits per heavy atom. The molecule has 0 bridgehead atoms. The molecule has 0 heterocycles. The van der Waals surface area contributed by atoms with E-state index in [-0.39, 0.29) is 90.5 Å². The number of esters is 7. The Morgan fingerprint density at radius 1 is 0.363 bits per heavy atom. The smallest absolute Gasteiger partial charge is 0.335 e. The second-order valence-electron chi connectivity index (χ2n) is 17.7. The molecule has 0 fully saturated rings. The summed E-state index contributed by atoms with van der Waals surface area (Å²) in [5.41, 5.74) is 0. The highest BCUT2D eigenvalue weighted by molar-refractivity contribution is 8.08. The summed E-state index contributed by atoms with van der Waals surface area (Å²) in [6.45, 7) is 21.2. The molecule has 42 heteroatoms. The lowest BCUT2D eigenvalue weighted by molar-refractivity contribution is -0.152. The number of halogens is 5. The highest BCUT2D eigenvalue weighted by atomic mass is 35.9. The number of rotatable bonds is 34. The lowest BCUT2D eigenvalue weighted by atomic mass is 10.2. The number of aliphatic carboxylic acids is 1. The van der Waals surface area contributed by atoms with Crippen molar-refractivity contribution in [2.75, 3.05) is 139 Å². The SMILES string of the molecule is CCOC(=O)C(C)CO.CCOC(=O)C(C)COP(C)(=O)Cl.CCOC(=O)C(C)O.CCOC(=O)C(C)OP(C)(=O)OCC(C)C(=O)O.CCOC(=O)C(CO)CO.CCOC(=O)C(CO)COP(C)(=O)OCC(CO)C(=O)OCC.CP(=O)(Cl)Cl.CP(=O)(Cl)Cl. The number of hydrogen-bond acceptors (Lipinski definition) is 31. The summed E-state index contributed by atoms with van der Waals surface area (Å²) in [4.78, 5) is 87.3. The standard InChI is InChI=1S/C13H25O9P.C10H19O7P.C7H14ClO4P.C6H12O4.C6H12O3.C5H10O3.2CH3Cl2OP/c1-4-19-12(16)10(6-14)8-21-23(3,18)22-9-11(7-15)13(17)20-5-2;1-5-15-10(13)8(3)17-18(4,14)16-6-7(2)9(11)12;1-4-11-7(9)6(2)5-12-13(3,8)10;1-2-10-6(9)5(3-7)4-8;1-3-9-6(8)5(2)4-7;1-3-8-5(7)4(2)6;2*1-5(2,3)4/h10-11,14-15H,4-9H2,1-3H3;7-8H,5-6H2,1-4H3,(H,11,12);6H,4-5H2,1-3H3;5,7-8H,2-4H2,1H3;5,7H,3-4H2,1-2H3;4,6H,3H2,1-2H3;2*1H3. The number of ether oxygens (including phenoxy) is 7. The van der Waals surface area contributed by atoms with E-state index < -0.39 is 124 Å². The van der Waals surface area contributed by atoms with E-state index in [9.17, 15) is 61.2 Å². The molecule has 91 heavy (non-hydrogen) atoms. The van der Waals surface area contributed by atoms with Crippen LogP contribution in [0.4, 0.5) is 0 Å². The van der Waals surface area contributed by atoms with E-state index in [1.165, 1.54) is 47.4 Å². The maximum absolute atomic E-state index is 12.1. The van der Waals surface area contributed by atoms with Crippen LogP contribution in [0, 0.1) is 35.5 Å². The van der Waals surface area contributed by atoms with Gasteiger partial charge in [-0.05, 0) is 139 Å². The second-order valence-corrected chi connectivity index (χ2v) is 37.0. The highest BCUT2D eigenvalue weighted by Gasteiger charge is 2.30. The van der Waals surface area contributed by atoms with Gasteiger partial charge in [0.15, 0.2) is 6.10 Å². The van der Waals surface area contributed by atoms with Crippen molar-refractivity contribution in [3.8, 4) is 0 Å². The summed E-state index contributed by atoms with van der Waals surface area (Å²) in [5.74, 6) is -14.6. The fourth-order valence-electron chi connectivity index (χ4n) is 4.02. The summed E-state index contributed by atoms with van der Waals surface area (Å²) in [6.07, 6.45) is -2.02. The average molecular weight is 1530 g/mol. The third-order valence-corrected chi connectivity index (χ3v) is 12.0. The zero-order chi connectivity index (χ0) is 73.5. The van der Waals surface area contributed by atoms with E-state index in [0.717, 1.165) is 6.66 Å². The molecule has 0 aromatic carbocycles. The normalized spacial score (nSPS) is 14.9. The number of carboxylic acid groups (broad SMARTS) is 1. The minimum absolute atomic E-state index is 0.0239. The van der Waals surface area contributed by atoms with Crippen LogP contribution in [0.25, 0.3) is 0 Å². The topological polar surface area (TPSA) is 474 Å². The molecule has 7 N–H and O–H groups in total. The van der Waals surface area contributed by atoms with Crippen molar-refractivity contribution in [3.05, 3.63) is 0 Å². The maximum Gasteiger partial charge on any atom is 0.335 e. The van der Waals surface area contributed by atoms with Gasteiger partial charge in [-0.2, -0.15) is 0 Å². The van der Waals surface area contributed by atoms with Gasteiger partial charge in [0.2, 0.25) is 11.7 Å². The van der Waals surface area contributed by atoms with Gasteiger partial charge in [0.05, 0.1) is 123 Å². The van der Waals surface area contributed by atoms with Gasteiger partial charge in [-0.25, -0.2) is 9.59 Å². The molecular formula is C49H98Cl5O32P5. The first kappa shape index (κ1) is 105. The molecule has 9 atom stereocenters. The molecule has 0 aromatic rings. The maximum atomic E-state index is 12.1. The van der Waals surface area contributed by atoms with Crippen LogP contribution in [0.15, 0.2) is 0 Å². The summed E-state index contributed by atoms with van der Waals surface area (Å²) < 4.78 is 111. The molecule has 0 saturated heterocycles. The van der Waals surface area contributed by atoms with Crippen molar-refractivity contribution >= 4 is 138 Å². The van der Waals surface area contributed by atoms with E-state index in [2.05, 4.69) is 18.9 Å². The summed E-state index contributed by atoms with van der Waals surface area (Å²) in [6, 6.07) is 0. The largest absolute Gasteiger partial charge is 0.481 e. The van der Waals surface area contributed by atoms with E-state index in [1.54, 1.807) is 62.3 Å². The molecular weight excluding hydrogens is 1430 g/mol. The minimum Gasteiger partial charge on any atom is -0.481 e. The summed E-state index contributed by atoms with van der Waals surface area (Å²) in [7, 11) is -7.07. The van der Waals surface area contributed by atoms with Crippen molar-refractivity contribution in [2.45, 2.75) is 95.3 Å². The number of hydrogen-bond donors (Lipinski definition) is 7. The third-order valence-electron chi connectivity index (χ3n) is 8.55. The van der Waals surface area contributed by atoms with Gasteiger partial charge in [0.1, 0.15) is 23.9 Å². The van der Waals surface area contributed by atoms with E-state index >= 15 is 0 Å². The predicted molar refractivity (Wildman–Crippen MR) is 340 cm³/mol. The second kappa shape index (κ2) is 61.5. The molecule has 0 aliphatic carbocycles. The Hall–Kier alpha value is -2.08. The van der Waals surface area contributed by atoms with E-state index in [1.807, 2.05) is 0 Å². The van der Waals surface area contributed by atoms with Crippen LogP contribution >= 0.6 is 89.8 Å². The first-order valence-electron chi connectivity index (χ1n) is 27.3. The molecule has 0 rings (SSSR count). The number of aliphatic hydroxyl groups excluding tert-OH is 6. The van der Waals surface area contributed by atoms with Crippen LogP contribution in [0.1, 0.15) is 83.1 Å². The summed E-state index contributed by atoms with van der Waals surface area (Å²) in [5, 5.41) is 60.7. The van der Waals surface area contributed by atoms with Crippen LogP contribution in [0.5, 0.6) is 0 Å². The number of carboxylic acids is 1.